The zero-order valence-electron chi connectivity index (χ0n) is 20.4. The molecule has 0 saturated carbocycles. The molecule has 0 atom stereocenters. The lowest BCUT2D eigenvalue weighted by molar-refractivity contribution is 0.0540. The van der Waals surface area contributed by atoms with E-state index in [-0.39, 0.29) is 22.8 Å². The van der Waals surface area contributed by atoms with Gasteiger partial charge in [0, 0.05) is 32.0 Å². The van der Waals surface area contributed by atoms with Crippen LogP contribution in [0.4, 0.5) is 15.8 Å². The molecule has 0 spiro atoms. The molecule has 1 aromatic carbocycles. The Hall–Kier alpha value is -3.95. The normalized spacial score (nSPS) is 15.7. The molecule has 0 saturated heterocycles. The third-order valence-electron chi connectivity index (χ3n) is 5.84. The monoisotopic (exact) mass is 485 g/mol. The number of benzene rings is 1. The Kier molecular flexibility index (Phi) is 7.42. The van der Waals surface area contributed by atoms with Gasteiger partial charge in [-0.2, -0.15) is 0 Å². The number of aromatic carboxylic acids is 1. The molecule has 0 bridgehead atoms. The van der Waals surface area contributed by atoms with Gasteiger partial charge in [-0.1, -0.05) is 12.1 Å². The van der Waals surface area contributed by atoms with E-state index in [1.807, 2.05) is 50.1 Å². The highest BCUT2D eigenvalue weighted by Gasteiger charge is 2.26. The van der Waals surface area contributed by atoms with E-state index in [1.54, 1.807) is 4.57 Å². The van der Waals surface area contributed by atoms with Crippen molar-refractivity contribution in [1.82, 2.24) is 9.88 Å². The smallest absolute Gasteiger partial charge is 0.341 e. The van der Waals surface area contributed by atoms with Crippen molar-refractivity contribution >= 4 is 29.3 Å². The first kappa shape index (κ1) is 25.7. The highest BCUT2D eigenvalue weighted by molar-refractivity contribution is 5.87. The summed E-state index contributed by atoms with van der Waals surface area (Å²) < 4.78 is 22.5. The number of carboxylic acids is 1. The summed E-state index contributed by atoms with van der Waals surface area (Å²) in [5.41, 5.74) is 11.4. The summed E-state index contributed by atoms with van der Waals surface area (Å²) in [5, 5.41) is 12.5. The van der Waals surface area contributed by atoms with Crippen molar-refractivity contribution in [2.24, 2.45) is 5.73 Å². The van der Waals surface area contributed by atoms with E-state index in [9.17, 15) is 14.7 Å². The van der Waals surface area contributed by atoms with Gasteiger partial charge in [0.05, 0.1) is 34.2 Å². The van der Waals surface area contributed by atoms with Crippen molar-refractivity contribution in [3.8, 4) is 0 Å². The fourth-order valence-corrected chi connectivity index (χ4v) is 3.95. The topological polar surface area (TPSA) is 136 Å². The third kappa shape index (κ3) is 5.59. The number of hydrogen-bond acceptors (Lipinski definition) is 7. The molecule has 1 aliphatic rings. The van der Waals surface area contributed by atoms with Crippen molar-refractivity contribution in [2.45, 2.75) is 39.3 Å². The largest absolute Gasteiger partial charge is 0.491 e. The maximum Gasteiger partial charge on any atom is 0.341 e. The quantitative estimate of drug-likeness (QED) is 0.322. The molecular weight excluding hydrogens is 453 g/mol. The summed E-state index contributed by atoms with van der Waals surface area (Å²) in [6, 6.07) is 7.53. The van der Waals surface area contributed by atoms with Gasteiger partial charge in [-0.3, -0.25) is 4.79 Å². The first-order valence-electron chi connectivity index (χ1n) is 11.2. The molecule has 0 aliphatic carbocycles. The number of para-hydroxylation sites is 2. The summed E-state index contributed by atoms with van der Waals surface area (Å²) in [4.78, 5) is 26.6. The molecule has 10 heteroatoms. The molecular formula is C25H32FN5O4. The molecule has 2 aromatic rings. The van der Waals surface area contributed by atoms with E-state index in [2.05, 4.69) is 5.32 Å². The Balaban J connectivity index is 1.87. The second-order valence-corrected chi connectivity index (χ2v) is 9.17. The summed E-state index contributed by atoms with van der Waals surface area (Å²) in [7, 11) is 1.92. The first-order valence-corrected chi connectivity index (χ1v) is 11.2. The van der Waals surface area contributed by atoms with Gasteiger partial charge in [0.1, 0.15) is 17.4 Å². The number of nitrogens with one attached hydrogen (secondary N) is 1. The number of carboxylic acid groups (broad SMARTS) is 1. The molecule has 0 amide bonds. The minimum atomic E-state index is -1.41. The Labute approximate surface area is 202 Å². The van der Waals surface area contributed by atoms with Gasteiger partial charge in [0.25, 0.3) is 0 Å². The van der Waals surface area contributed by atoms with Gasteiger partial charge >= 0.3 is 5.97 Å². The van der Waals surface area contributed by atoms with E-state index < -0.39 is 34.1 Å². The molecule has 0 fully saturated rings. The number of carbonyl (C=O) groups is 1. The second kappa shape index (κ2) is 10.1. The molecule has 0 radical (unpaired) electrons. The lowest BCUT2D eigenvalue weighted by Gasteiger charge is -2.30. The minimum Gasteiger partial charge on any atom is -0.491 e. The van der Waals surface area contributed by atoms with Crippen LogP contribution in [0.25, 0.3) is 12.0 Å². The minimum absolute atomic E-state index is 0.139. The van der Waals surface area contributed by atoms with Crippen molar-refractivity contribution in [3.63, 3.8) is 0 Å². The second-order valence-electron chi connectivity index (χ2n) is 9.17. The average Bonchev–Trinajstić information content (AvgIpc) is 2.80. The number of nitrogens with zero attached hydrogens (tertiary/aromatic N) is 2. The summed E-state index contributed by atoms with van der Waals surface area (Å²) >= 11 is 0. The van der Waals surface area contributed by atoms with Crippen LogP contribution in [-0.4, -0.2) is 41.4 Å². The van der Waals surface area contributed by atoms with Crippen molar-refractivity contribution < 1.29 is 19.0 Å². The Morgan fingerprint density at radius 3 is 2.69 bits per heavy atom. The molecule has 3 rings (SSSR count). The van der Waals surface area contributed by atoms with Crippen LogP contribution in [0.2, 0.25) is 0 Å². The Bertz CT molecular complexity index is 1350. The number of ether oxygens (including phenoxy) is 1. The lowest BCUT2D eigenvalue weighted by Crippen LogP contribution is -2.54. The summed E-state index contributed by atoms with van der Waals surface area (Å²) in [6.45, 7) is 6.52. The fraction of sp³-hybridized carbons (Fsp3) is 0.360. The number of halogens is 1. The Morgan fingerprint density at radius 1 is 1.34 bits per heavy atom. The van der Waals surface area contributed by atoms with E-state index in [0.717, 1.165) is 5.69 Å². The van der Waals surface area contributed by atoms with Crippen LogP contribution in [0.15, 0.2) is 46.8 Å². The molecule has 1 aliphatic heterocycles. The zero-order valence-corrected chi connectivity index (χ0v) is 20.4. The molecule has 6 N–H and O–H groups in total. The van der Waals surface area contributed by atoms with Crippen molar-refractivity contribution in [3.05, 3.63) is 68.3 Å². The SMILES string of the molecule is C/C(NCCCN(C)c1ccccc1N)=C(F)\C(N)=c1\c(=O)c(C(=O)O)cn2c1=COC(C)(C)C2. The Morgan fingerprint density at radius 2 is 2.03 bits per heavy atom. The molecule has 9 nitrogen and oxygen atoms in total. The van der Waals surface area contributed by atoms with Gasteiger partial charge in [-0.05, 0) is 39.3 Å². The number of aromatic nitrogens is 1. The number of fused-ring (bicyclic) bond motifs is 1. The maximum atomic E-state index is 15.3. The van der Waals surface area contributed by atoms with E-state index in [0.29, 0.717) is 25.2 Å². The predicted octanol–water partition coefficient (Wildman–Crippen LogP) is 1.06. The first-order chi connectivity index (χ1) is 16.4. The van der Waals surface area contributed by atoms with Crippen LogP contribution >= 0.6 is 0 Å². The van der Waals surface area contributed by atoms with Crippen LogP contribution < -0.4 is 37.7 Å². The van der Waals surface area contributed by atoms with Crippen LogP contribution in [0, 0.1) is 0 Å². The van der Waals surface area contributed by atoms with Crippen molar-refractivity contribution in [2.75, 3.05) is 30.8 Å². The fourth-order valence-electron chi connectivity index (χ4n) is 3.95. The van der Waals surface area contributed by atoms with Crippen LogP contribution in [-0.2, 0) is 11.3 Å². The predicted molar refractivity (Wildman–Crippen MR) is 135 cm³/mol. The maximum absolute atomic E-state index is 15.3. The van der Waals surface area contributed by atoms with E-state index in [1.165, 1.54) is 19.4 Å². The molecule has 0 unspecified atom stereocenters. The molecule has 35 heavy (non-hydrogen) atoms. The van der Waals surface area contributed by atoms with E-state index >= 15 is 4.39 Å². The highest BCUT2D eigenvalue weighted by atomic mass is 19.1. The highest BCUT2D eigenvalue weighted by Crippen LogP contribution is 2.21. The number of allylic oxidation sites excluding steroid dienone is 1. The zero-order chi connectivity index (χ0) is 25.9. The average molecular weight is 486 g/mol. The van der Waals surface area contributed by atoms with Gasteiger partial charge in [-0.15, -0.1) is 0 Å². The lowest BCUT2D eigenvalue weighted by atomic mass is 10.1. The van der Waals surface area contributed by atoms with Gasteiger partial charge < -0.3 is 36.1 Å². The molecule has 2 heterocycles. The van der Waals surface area contributed by atoms with Gasteiger partial charge in [0.15, 0.2) is 5.83 Å². The number of pyridine rings is 1. The summed E-state index contributed by atoms with van der Waals surface area (Å²) in [6.07, 6.45) is 3.23. The number of rotatable bonds is 8. The van der Waals surface area contributed by atoms with Crippen LogP contribution in [0.1, 0.15) is 37.6 Å². The summed E-state index contributed by atoms with van der Waals surface area (Å²) in [5.74, 6) is -2.24. The van der Waals surface area contributed by atoms with Crippen molar-refractivity contribution in [1.29, 1.82) is 0 Å². The standard InChI is InChI=1S/C25H32FN5O4/c1-15(29-10-7-11-30(4)18-9-6-5-8-17(18)27)21(26)22(28)20-19-13-35-25(2,3)14-31(19)12-16(23(20)32)24(33)34/h5-6,8-9,12-13,29H,7,10-11,14,27-28H2,1-4H3,(H,33,34)/b21-15-,22-20-. The number of anilines is 2. The number of hydrogen-bond donors (Lipinski definition) is 4. The number of nitrogen functional groups attached to an aromatic ring is 1. The molecule has 188 valence electrons. The van der Waals surface area contributed by atoms with E-state index in [4.69, 9.17) is 16.2 Å². The van der Waals surface area contributed by atoms with Crippen LogP contribution in [0.3, 0.4) is 0 Å². The van der Waals surface area contributed by atoms with Gasteiger partial charge in [0.2, 0.25) is 5.43 Å². The van der Waals surface area contributed by atoms with Gasteiger partial charge in [-0.25, -0.2) is 9.18 Å². The van der Waals surface area contributed by atoms with Crippen LogP contribution in [0.5, 0.6) is 0 Å². The molecule has 1 aromatic heterocycles. The number of nitrogens with two attached hydrogens (primary N) is 2. The third-order valence-corrected chi connectivity index (χ3v) is 5.84.